The van der Waals surface area contributed by atoms with Crippen molar-refractivity contribution in [2.24, 2.45) is 5.92 Å². The lowest BCUT2D eigenvalue weighted by atomic mass is 9.83. The Bertz CT molecular complexity index is 1050. The van der Waals surface area contributed by atoms with Crippen molar-refractivity contribution in [2.45, 2.75) is 45.2 Å². The number of benzene rings is 1. The summed E-state index contributed by atoms with van der Waals surface area (Å²) in [5.41, 5.74) is 2.43. The zero-order valence-corrected chi connectivity index (χ0v) is 19.1. The van der Waals surface area contributed by atoms with Crippen molar-refractivity contribution >= 4 is 17.2 Å². The van der Waals surface area contributed by atoms with Crippen molar-refractivity contribution in [3.63, 3.8) is 0 Å². The molecule has 1 spiro atoms. The van der Waals surface area contributed by atoms with Gasteiger partial charge in [0.05, 0.1) is 17.6 Å². The van der Waals surface area contributed by atoms with Gasteiger partial charge in [-0.2, -0.15) is 0 Å². The molecule has 0 unspecified atom stereocenters. The summed E-state index contributed by atoms with van der Waals surface area (Å²) in [6, 6.07) is 12.8. The number of fused-ring (bicyclic) bond motifs is 4. The first-order chi connectivity index (χ1) is 15.1. The van der Waals surface area contributed by atoms with Crippen LogP contribution < -0.4 is 0 Å². The van der Waals surface area contributed by atoms with Crippen LogP contribution in [0.25, 0.3) is 5.69 Å². The minimum atomic E-state index is -0.146. The topological polar surface area (TPSA) is 41.4 Å². The van der Waals surface area contributed by atoms with Gasteiger partial charge in [0.2, 0.25) is 5.91 Å². The van der Waals surface area contributed by atoms with Crippen LogP contribution in [0.5, 0.6) is 0 Å². The van der Waals surface area contributed by atoms with Crippen molar-refractivity contribution in [1.82, 2.24) is 19.4 Å². The fourth-order valence-electron chi connectivity index (χ4n) is 5.24. The number of likely N-dealkylation sites (tertiary alicyclic amines) is 1. The molecule has 162 valence electrons. The number of amides is 1. The summed E-state index contributed by atoms with van der Waals surface area (Å²) in [5.74, 6) is 1.93. The van der Waals surface area contributed by atoms with E-state index in [2.05, 4.69) is 64.7 Å². The largest absolute Gasteiger partial charge is 0.342 e. The number of thiophene rings is 1. The molecule has 0 bridgehead atoms. The van der Waals surface area contributed by atoms with E-state index in [1.807, 2.05) is 17.6 Å². The van der Waals surface area contributed by atoms with Crippen LogP contribution in [-0.4, -0.2) is 44.9 Å². The molecular formula is C25H30N4OS. The van der Waals surface area contributed by atoms with Gasteiger partial charge in [-0.05, 0) is 41.8 Å². The van der Waals surface area contributed by atoms with E-state index in [1.54, 1.807) is 11.3 Å². The smallest absolute Gasteiger partial charge is 0.227 e. The molecule has 3 aromatic rings. The van der Waals surface area contributed by atoms with Gasteiger partial charge in [0.25, 0.3) is 0 Å². The Kier molecular flexibility index (Phi) is 5.44. The maximum absolute atomic E-state index is 12.9. The lowest BCUT2D eigenvalue weighted by Crippen LogP contribution is -2.55. The van der Waals surface area contributed by atoms with E-state index in [9.17, 15) is 4.79 Å². The summed E-state index contributed by atoms with van der Waals surface area (Å²) in [7, 11) is 0. The molecule has 0 N–H and O–H groups in total. The Morgan fingerprint density at radius 2 is 1.97 bits per heavy atom. The van der Waals surface area contributed by atoms with E-state index < -0.39 is 0 Å². The number of para-hydroxylation sites is 1. The number of nitrogens with zero attached hydrogens (tertiary/aromatic N) is 4. The molecule has 4 heterocycles. The third kappa shape index (κ3) is 3.72. The van der Waals surface area contributed by atoms with Crippen molar-refractivity contribution in [2.75, 3.05) is 19.6 Å². The van der Waals surface area contributed by atoms with Crippen LogP contribution in [0, 0.1) is 5.92 Å². The van der Waals surface area contributed by atoms with E-state index in [0.29, 0.717) is 12.3 Å². The molecule has 0 aliphatic carbocycles. The van der Waals surface area contributed by atoms with Gasteiger partial charge in [0.1, 0.15) is 5.82 Å². The van der Waals surface area contributed by atoms with E-state index in [4.69, 9.17) is 4.98 Å². The standard InChI is InChI=1S/C25H30N4OS/c1-19(2)17-28-18-20-6-3-4-8-22(20)29-14-11-26-24(29)25(28)9-12-27(13-10-25)23(30)16-21-7-5-15-31-21/h3-8,11,14-15,19H,9-10,12-13,16-18H2,1-2H3. The molecule has 31 heavy (non-hydrogen) atoms. The molecule has 1 fully saturated rings. The van der Waals surface area contributed by atoms with Crippen molar-refractivity contribution in [1.29, 1.82) is 0 Å². The molecule has 1 aromatic carbocycles. The number of carbonyl (C=O) groups excluding carboxylic acids is 1. The van der Waals surface area contributed by atoms with Gasteiger partial charge < -0.3 is 9.47 Å². The average molecular weight is 435 g/mol. The number of carbonyl (C=O) groups is 1. The number of aromatic nitrogens is 2. The Hall–Kier alpha value is -2.44. The molecule has 6 heteroatoms. The van der Waals surface area contributed by atoms with Crippen LogP contribution in [0.1, 0.15) is 43.0 Å². The van der Waals surface area contributed by atoms with Gasteiger partial charge in [-0.25, -0.2) is 4.98 Å². The molecule has 1 saturated heterocycles. The summed E-state index contributed by atoms with van der Waals surface area (Å²) in [4.78, 5) is 23.7. The van der Waals surface area contributed by atoms with Crippen molar-refractivity contribution < 1.29 is 4.79 Å². The van der Waals surface area contributed by atoms with E-state index >= 15 is 0 Å². The minimum absolute atomic E-state index is 0.146. The quantitative estimate of drug-likeness (QED) is 0.609. The third-order valence-corrected chi connectivity index (χ3v) is 7.59. The molecule has 0 radical (unpaired) electrons. The molecule has 5 rings (SSSR count). The molecule has 2 aliphatic rings. The summed E-state index contributed by atoms with van der Waals surface area (Å²) < 4.78 is 2.29. The zero-order valence-electron chi connectivity index (χ0n) is 18.3. The maximum Gasteiger partial charge on any atom is 0.227 e. The summed E-state index contributed by atoms with van der Waals surface area (Å²) >= 11 is 1.66. The zero-order chi connectivity index (χ0) is 21.4. The van der Waals surface area contributed by atoms with Crippen LogP contribution in [0.3, 0.4) is 0 Å². The third-order valence-electron chi connectivity index (χ3n) is 6.71. The fraction of sp³-hybridized carbons (Fsp3) is 0.440. The minimum Gasteiger partial charge on any atom is -0.342 e. The predicted molar refractivity (Wildman–Crippen MR) is 124 cm³/mol. The Morgan fingerprint density at radius 1 is 1.16 bits per heavy atom. The predicted octanol–water partition coefficient (Wildman–Crippen LogP) is 4.47. The average Bonchev–Trinajstić information content (AvgIpc) is 3.44. The van der Waals surface area contributed by atoms with Gasteiger partial charge in [-0.15, -0.1) is 11.3 Å². The van der Waals surface area contributed by atoms with Gasteiger partial charge in [-0.1, -0.05) is 38.1 Å². The van der Waals surface area contributed by atoms with Crippen LogP contribution in [0.15, 0.2) is 54.2 Å². The Balaban J connectivity index is 1.46. The lowest BCUT2D eigenvalue weighted by molar-refractivity contribution is -0.133. The highest BCUT2D eigenvalue weighted by Crippen LogP contribution is 2.43. The first kappa shape index (κ1) is 20.5. The normalized spacial score (nSPS) is 18.1. The van der Waals surface area contributed by atoms with Gasteiger partial charge in [0.15, 0.2) is 0 Å². The van der Waals surface area contributed by atoms with Crippen LogP contribution in [0.2, 0.25) is 0 Å². The summed E-state index contributed by atoms with van der Waals surface area (Å²) in [6.07, 6.45) is 6.38. The van der Waals surface area contributed by atoms with Crippen LogP contribution in [0.4, 0.5) is 0 Å². The molecule has 0 atom stereocenters. The Labute approximate surface area is 188 Å². The summed E-state index contributed by atoms with van der Waals surface area (Å²) in [5, 5.41) is 2.04. The highest BCUT2D eigenvalue weighted by Gasteiger charge is 2.47. The second-order valence-electron chi connectivity index (χ2n) is 9.19. The fourth-order valence-corrected chi connectivity index (χ4v) is 5.94. The lowest BCUT2D eigenvalue weighted by Gasteiger charge is -2.48. The Morgan fingerprint density at radius 3 is 2.71 bits per heavy atom. The van der Waals surface area contributed by atoms with E-state index in [-0.39, 0.29) is 11.4 Å². The molecule has 2 aromatic heterocycles. The molecule has 1 amide bonds. The van der Waals surface area contributed by atoms with Crippen LogP contribution in [-0.2, 0) is 23.3 Å². The van der Waals surface area contributed by atoms with Crippen molar-refractivity contribution in [3.05, 3.63) is 70.4 Å². The second kappa shape index (κ2) is 8.24. The highest BCUT2D eigenvalue weighted by atomic mass is 32.1. The number of imidazole rings is 1. The van der Waals surface area contributed by atoms with E-state index in [1.165, 1.54) is 11.3 Å². The summed E-state index contributed by atoms with van der Waals surface area (Å²) in [6.45, 7) is 8.07. The highest BCUT2D eigenvalue weighted by molar-refractivity contribution is 7.10. The number of rotatable bonds is 4. The van der Waals surface area contributed by atoms with Crippen LogP contribution >= 0.6 is 11.3 Å². The monoisotopic (exact) mass is 434 g/mol. The van der Waals surface area contributed by atoms with E-state index in [0.717, 1.165) is 49.7 Å². The maximum atomic E-state index is 12.9. The molecule has 2 aliphatic heterocycles. The number of hydrogen-bond donors (Lipinski definition) is 0. The number of hydrogen-bond acceptors (Lipinski definition) is 4. The molecule has 5 nitrogen and oxygen atoms in total. The van der Waals surface area contributed by atoms with Gasteiger partial charge >= 0.3 is 0 Å². The SMILES string of the molecule is CC(C)CN1Cc2ccccc2-n2ccnc2C12CCN(C(=O)Cc1cccs1)CC2. The molecule has 0 saturated carbocycles. The van der Waals surface area contributed by atoms with Gasteiger partial charge in [0, 0.05) is 43.4 Å². The first-order valence-corrected chi connectivity index (χ1v) is 12.1. The van der Waals surface area contributed by atoms with Crippen molar-refractivity contribution in [3.8, 4) is 5.69 Å². The first-order valence-electron chi connectivity index (χ1n) is 11.2. The van der Waals surface area contributed by atoms with Gasteiger partial charge in [-0.3, -0.25) is 9.69 Å². The number of piperidine rings is 1. The second-order valence-corrected chi connectivity index (χ2v) is 10.2. The molecular weight excluding hydrogens is 404 g/mol.